The molecule has 2 aromatic rings. The van der Waals surface area contributed by atoms with Gasteiger partial charge in [0.05, 0.1) is 0 Å². The summed E-state index contributed by atoms with van der Waals surface area (Å²) in [6.07, 6.45) is 2.89. The average molecular weight is 294 g/mol. The monoisotopic (exact) mass is 294 g/mol. The fourth-order valence-electron chi connectivity index (χ4n) is 1.65. The first-order valence-electron chi connectivity index (χ1n) is 6.47. The van der Waals surface area contributed by atoms with Gasteiger partial charge in [-0.1, -0.05) is 24.8 Å². The number of hydrogen-bond donors (Lipinski definition) is 1. The highest BCUT2D eigenvalue weighted by Crippen LogP contribution is 2.27. The lowest BCUT2D eigenvalue weighted by molar-refractivity contribution is 0.506. The van der Waals surface area contributed by atoms with E-state index in [1.807, 2.05) is 12.1 Å². The number of nitrogens with zero attached hydrogens (tertiary/aromatic N) is 1. The van der Waals surface area contributed by atoms with E-state index in [0.29, 0.717) is 4.90 Å². The Kier molecular flexibility index (Phi) is 5.49. The molecule has 0 aliphatic rings. The molecule has 2 rings (SSSR count). The van der Waals surface area contributed by atoms with E-state index >= 15 is 0 Å². The molecule has 0 saturated carbocycles. The molecule has 0 atom stereocenters. The molecule has 2 nitrogen and oxygen atoms in total. The molecular weight excluding hydrogens is 278 g/mol. The molecule has 0 bridgehead atoms. The highest BCUT2D eigenvalue weighted by atomic mass is 32.2. The Morgan fingerprint density at radius 1 is 1.15 bits per heavy atom. The van der Waals surface area contributed by atoms with Crippen molar-refractivity contribution >= 4 is 11.8 Å². The van der Waals surface area contributed by atoms with Crippen LogP contribution < -0.4 is 5.32 Å². The number of halogens is 2. The molecule has 0 amide bonds. The van der Waals surface area contributed by atoms with Crippen LogP contribution in [0.5, 0.6) is 0 Å². The average Bonchev–Trinajstić information content (AvgIpc) is 2.45. The highest BCUT2D eigenvalue weighted by molar-refractivity contribution is 7.99. The molecule has 1 N–H and O–H groups in total. The zero-order valence-electron chi connectivity index (χ0n) is 11.2. The van der Waals surface area contributed by atoms with Gasteiger partial charge in [-0.3, -0.25) is 0 Å². The molecule has 0 saturated heterocycles. The zero-order valence-corrected chi connectivity index (χ0v) is 12.0. The molecule has 0 fully saturated rings. The topological polar surface area (TPSA) is 24.9 Å². The highest BCUT2D eigenvalue weighted by Gasteiger charge is 2.05. The van der Waals surface area contributed by atoms with Crippen molar-refractivity contribution in [1.82, 2.24) is 10.3 Å². The molecular formula is C15H16F2N2S. The van der Waals surface area contributed by atoms with Gasteiger partial charge in [-0.2, -0.15) is 0 Å². The summed E-state index contributed by atoms with van der Waals surface area (Å²) in [6.45, 7) is 3.88. The second kappa shape index (κ2) is 7.36. The minimum Gasteiger partial charge on any atom is -0.313 e. The summed E-state index contributed by atoms with van der Waals surface area (Å²) in [6, 6.07) is 7.72. The lowest BCUT2D eigenvalue weighted by Gasteiger charge is -2.05. The third kappa shape index (κ3) is 4.28. The quantitative estimate of drug-likeness (QED) is 0.815. The molecule has 5 heteroatoms. The molecule has 106 valence electrons. The van der Waals surface area contributed by atoms with Crippen molar-refractivity contribution in [3.63, 3.8) is 0 Å². The van der Waals surface area contributed by atoms with E-state index in [1.54, 1.807) is 12.3 Å². The third-order valence-electron chi connectivity index (χ3n) is 2.67. The van der Waals surface area contributed by atoms with E-state index in [4.69, 9.17) is 0 Å². The number of benzene rings is 1. The molecule has 0 aliphatic heterocycles. The number of aromatic nitrogens is 1. The molecule has 0 radical (unpaired) electrons. The zero-order chi connectivity index (χ0) is 14.4. The first-order chi connectivity index (χ1) is 9.69. The van der Waals surface area contributed by atoms with Crippen LogP contribution in [0.15, 0.2) is 46.5 Å². The Hall–Kier alpha value is -1.46. The van der Waals surface area contributed by atoms with Gasteiger partial charge in [-0.05, 0) is 42.8 Å². The normalized spacial score (nSPS) is 10.8. The fourth-order valence-corrected chi connectivity index (χ4v) is 2.43. The van der Waals surface area contributed by atoms with Crippen LogP contribution in [-0.2, 0) is 6.54 Å². The minimum atomic E-state index is -0.838. The van der Waals surface area contributed by atoms with Crippen LogP contribution in [0, 0.1) is 11.6 Å². The van der Waals surface area contributed by atoms with Crippen molar-refractivity contribution in [3.05, 3.63) is 53.7 Å². The van der Waals surface area contributed by atoms with Crippen LogP contribution >= 0.6 is 11.8 Å². The minimum absolute atomic E-state index is 0.633. The van der Waals surface area contributed by atoms with Gasteiger partial charge in [-0.25, -0.2) is 13.8 Å². The third-order valence-corrected chi connectivity index (χ3v) is 3.61. The van der Waals surface area contributed by atoms with Gasteiger partial charge in [0.2, 0.25) is 0 Å². The van der Waals surface area contributed by atoms with Crippen molar-refractivity contribution in [2.24, 2.45) is 0 Å². The molecule has 1 aromatic heterocycles. The van der Waals surface area contributed by atoms with Gasteiger partial charge in [0.25, 0.3) is 0 Å². The molecule has 0 unspecified atom stereocenters. The van der Waals surface area contributed by atoms with Crippen molar-refractivity contribution in [1.29, 1.82) is 0 Å². The SMILES string of the molecule is CCCNCc1ccc(Sc2ccc(F)c(F)c2)nc1. The second-order valence-electron chi connectivity index (χ2n) is 4.36. The maximum absolute atomic E-state index is 13.1. The summed E-state index contributed by atoms with van der Waals surface area (Å²) >= 11 is 1.31. The molecule has 1 aromatic carbocycles. The first kappa shape index (κ1) is 14.9. The van der Waals surface area contributed by atoms with E-state index in [-0.39, 0.29) is 0 Å². The predicted octanol–water partition coefficient (Wildman–Crippen LogP) is 4.01. The van der Waals surface area contributed by atoms with Crippen LogP contribution in [0.2, 0.25) is 0 Å². The Morgan fingerprint density at radius 2 is 2.00 bits per heavy atom. The Labute approximate surface area is 121 Å². The maximum Gasteiger partial charge on any atom is 0.159 e. The van der Waals surface area contributed by atoms with Crippen molar-refractivity contribution < 1.29 is 8.78 Å². The van der Waals surface area contributed by atoms with Gasteiger partial charge in [0, 0.05) is 17.6 Å². The van der Waals surface area contributed by atoms with Crippen LogP contribution in [0.4, 0.5) is 8.78 Å². The van der Waals surface area contributed by atoms with Crippen LogP contribution in [0.3, 0.4) is 0 Å². The van der Waals surface area contributed by atoms with E-state index < -0.39 is 11.6 Å². The van der Waals surface area contributed by atoms with Crippen molar-refractivity contribution in [2.45, 2.75) is 29.8 Å². The molecule has 20 heavy (non-hydrogen) atoms. The van der Waals surface area contributed by atoms with Gasteiger partial charge >= 0.3 is 0 Å². The largest absolute Gasteiger partial charge is 0.313 e. The van der Waals surface area contributed by atoms with Crippen LogP contribution in [0.1, 0.15) is 18.9 Å². The maximum atomic E-state index is 13.1. The molecule has 0 spiro atoms. The van der Waals surface area contributed by atoms with Gasteiger partial charge in [-0.15, -0.1) is 0 Å². The van der Waals surface area contributed by atoms with Gasteiger partial charge < -0.3 is 5.32 Å². The van der Waals surface area contributed by atoms with Crippen molar-refractivity contribution in [2.75, 3.05) is 6.54 Å². The van der Waals surface area contributed by atoms with Crippen LogP contribution in [0.25, 0.3) is 0 Å². The second-order valence-corrected chi connectivity index (χ2v) is 5.45. The Bertz CT molecular complexity index is 558. The first-order valence-corrected chi connectivity index (χ1v) is 7.29. The predicted molar refractivity (Wildman–Crippen MR) is 76.7 cm³/mol. The van der Waals surface area contributed by atoms with Crippen LogP contribution in [-0.4, -0.2) is 11.5 Å². The van der Waals surface area contributed by atoms with E-state index in [0.717, 1.165) is 36.2 Å². The lowest BCUT2D eigenvalue weighted by Crippen LogP contribution is -2.13. The molecule has 0 aliphatic carbocycles. The van der Waals surface area contributed by atoms with Crippen molar-refractivity contribution in [3.8, 4) is 0 Å². The number of hydrogen-bond acceptors (Lipinski definition) is 3. The summed E-state index contributed by atoms with van der Waals surface area (Å²) in [4.78, 5) is 4.94. The summed E-state index contributed by atoms with van der Waals surface area (Å²) in [5.74, 6) is -1.67. The lowest BCUT2D eigenvalue weighted by atomic mass is 10.3. The Morgan fingerprint density at radius 3 is 2.65 bits per heavy atom. The standard InChI is InChI=1S/C15H16F2N2S/c1-2-7-18-9-11-3-6-15(19-10-11)20-12-4-5-13(16)14(17)8-12/h3-6,8,10,18H,2,7,9H2,1H3. The summed E-state index contributed by atoms with van der Waals surface area (Å²) in [7, 11) is 0. The Balaban J connectivity index is 1.97. The van der Waals surface area contributed by atoms with Gasteiger partial charge in [0.15, 0.2) is 11.6 Å². The van der Waals surface area contributed by atoms with E-state index in [2.05, 4.69) is 17.2 Å². The molecule has 1 heterocycles. The summed E-state index contributed by atoms with van der Waals surface area (Å²) < 4.78 is 25.9. The summed E-state index contributed by atoms with van der Waals surface area (Å²) in [5, 5.41) is 4.06. The smallest absolute Gasteiger partial charge is 0.159 e. The fraction of sp³-hybridized carbons (Fsp3) is 0.267. The number of pyridine rings is 1. The van der Waals surface area contributed by atoms with Gasteiger partial charge in [0.1, 0.15) is 5.03 Å². The number of nitrogens with one attached hydrogen (secondary N) is 1. The summed E-state index contributed by atoms with van der Waals surface area (Å²) in [5.41, 5.74) is 1.10. The van der Waals surface area contributed by atoms with E-state index in [9.17, 15) is 8.78 Å². The van der Waals surface area contributed by atoms with E-state index in [1.165, 1.54) is 17.8 Å². The number of rotatable bonds is 6.